The Balaban J connectivity index is 1.41. The Labute approximate surface area is 158 Å². The lowest BCUT2D eigenvalue weighted by Crippen LogP contribution is -2.41. The summed E-state index contributed by atoms with van der Waals surface area (Å²) in [5, 5.41) is 2.72. The van der Waals surface area contributed by atoms with Gasteiger partial charge < -0.3 is 9.73 Å². The van der Waals surface area contributed by atoms with E-state index in [4.69, 9.17) is 4.42 Å². The summed E-state index contributed by atoms with van der Waals surface area (Å²) in [4.78, 5) is 14.6. The highest BCUT2D eigenvalue weighted by Gasteiger charge is 2.25. The van der Waals surface area contributed by atoms with Crippen molar-refractivity contribution in [3.63, 3.8) is 0 Å². The van der Waals surface area contributed by atoms with Gasteiger partial charge in [0.15, 0.2) is 9.84 Å². The number of nitrogens with zero attached hydrogens (tertiary/aromatic N) is 1. The Morgan fingerprint density at radius 2 is 1.89 bits per heavy atom. The summed E-state index contributed by atoms with van der Waals surface area (Å²) in [5.41, 5.74) is 0. The maximum atomic E-state index is 12.9. The summed E-state index contributed by atoms with van der Waals surface area (Å²) in [7, 11) is -3.54. The molecule has 0 spiro atoms. The fourth-order valence-corrected chi connectivity index (χ4v) is 4.35. The number of carbonyl (C=O) groups excluding carboxylic acids is 1. The number of carbonyl (C=O) groups is 1. The number of nitrogens with one attached hydrogen (secondary N) is 1. The van der Waals surface area contributed by atoms with E-state index in [0.29, 0.717) is 0 Å². The molecule has 2 heterocycles. The lowest BCUT2D eigenvalue weighted by atomic mass is 9.96. The second kappa shape index (κ2) is 8.67. The van der Waals surface area contributed by atoms with Crippen molar-refractivity contribution in [3.05, 3.63) is 54.2 Å². The minimum Gasteiger partial charge on any atom is -0.468 e. The normalized spacial score (nSPS) is 16.3. The molecule has 1 aliphatic heterocycles. The predicted octanol–water partition coefficient (Wildman–Crippen LogP) is 2.22. The molecule has 0 unspecified atom stereocenters. The third-order valence-corrected chi connectivity index (χ3v) is 6.49. The molecular formula is C19H23FN2O4S. The maximum absolute atomic E-state index is 12.9. The summed E-state index contributed by atoms with van der Waals surface area (Å²) < 4.78 is 42.7. The molecule has 146 valence electrons. The van der Waals surface area contributed by atoms with E-state index in [1.165, 1.54) is 12.1 Å². The quantitative estimate of drug-likeness (QED) is 0.729. The molecule has 1 amide bonds. The summed E-state index contributed by atoms with van der Waals surface area (Å²) in [6, 6.07) is 8.49. The molecule has 0 bridgehead atoms. The molecule has 6 nitrogen and oxygen atoms in total. The van der Waals surface area contributed by atoms with Gasteiger partial charge in [-0.2, -0.15) is 0 Å². The number of sulfone groups is 1. The second-order valence-electron chi connectivity index (χ2n) is 6.69. The van der Waals surface area contributed by atoms with Gasteiger partial charge in [0.2, 0.25) is 5.91 Å². The van der Waals surface area contributed by atoms with Gasteiger partial charge in [-0.3, -0.25) is 9.69 Å². The zero-order chi connectivity index (χ0) is 19.3. The Kier molecular flexibility index (Phi) is 6.28. The highest BCUT2D eigenvalue weighted by molar-refractivity contribution is 7.91. The summed E-state index contributed by atoms with van der Waals surface area (Å²) >= 11 is 0. The van der Waals surface area contributed by atoms with E-state index in [-0.39, 0.29) is 29.0 Å². The van der Waals surface area contributed by atoms with Gasteiger partial charge in [0.05, 0.1) is 23.5 Å². The fraction of sp³-hybridized carbons (Fsp3) is 0.421. The lowest BCUT2D eigenvalue weighted by molar-refractivity contribution is -0.126. The second-order valence-corrected chi connectivity index (χ2v) is 8.80. The SMILES string of the molecule is O=C(NCCS(=O)(=O)c1ccc(F)cc1)C1CCN(Cc2ccco2)CC1. The molecule has 0 saturated carbocycles. The van der Waals surface area contributed by atoms with Crippen LogP contribution in [0.5, 0.6) is 0 Å². The van der Waals surface area contributed by atoms with Gasteiger partial charge in [-0.05, 0) is 62.3 Å². The summed E-state index contributed by atoms with van der Waals surface area (Å²) in [5.74, 6) is -0.000270. The van der Waals surface area contributed by atoms with Crippen molar-refractivity contribution in [1.29, 1.82) is 0 Å². The van der Waals surface area contributed by atoms with Crippen molar-refractivity contribution < 1.29 is 22.0 Å². The van der Waals surface area contributed by atoms with Crippen LogP contribution >= 0.6 is 0 Å². The molecule has 1 N–H and O–H groups in total. The van der Waals surface area contributed by atoms with Gasteiger partial charge >= 0.3 is 0 Å². The molecule has 27 heavy (non-hydrogen) atoms. The molecule has 1 fully saturated rings. The molecule has 0 aliphatic carbocycles. The topological polar surface area (TPSA) is 79.6 Å². The highest BCUT2D eigenvalue weighted by atomic mass is 32.2. The van der Waals surface area contributed by atoms with Crippen molar-refractivity contribution in [3.8, 4) is 0 Å². The van der Waals surface area contributed by atoms with Crippen LogP contribution in [-0.4, -0.2) is 44.6 Å². The number of halogens is 1. The highest BCUT2D eigenvalue weighted by Crippen LogP contribution is 2.19. The standard InChI is InChI=1S/C19H23FN2O4S/c20-16-3-5-18(6-4-16)27(24,25)13-9-21-19(23)15-7-10-22(11-8-15)14-17-2-1-12-26-17/h1-6,12,15H,7-11,13-14H2,(H,21,23). The van der Waals surface area contributed by atoms with E-state index in [1.807, 2.05) is 12.1 Å². The Morgan fingerprint density at radius 3 is 2.52 bits per heavy atom. The van der Waals surface area contributed by atoms with E-state index in [2.05, 4.69) is 10.2 Å². The van der Waals surface area contributed by atoms with Gasteiger partial charge in [0, 0.05) is 12.5 Å². The van der Waals surface area contributed by atoms with Crippen LogP contribution in [0.4, 0.5) is 4.39 Å². The number of hydrogen-bond acceptors (Lipinski definition) is 5. The number of benzene rings is 1. The van der Waals surface area contributed by atoms with Crippen molar-refractivity contribution >= 4 is 15.7 Å². The van der Waals surface area contributed by atoms with Crippen molar-refractivity contribution in [2.45, 2.75) is 24.3 Å². The van der Waals surface area contributed by atoms with Gasteiger partial charge in [0.25, 0.3) is 0 Å². The Hall–Kier alpha value is -2.19. The molecule has 1 saturated heterocycles. The third-order valence-electron chi connectivity index (χ3n) is 4.76. The van der Waals surface area contributed by atoms with E-state index >= 15 is 0 Å². The van der Waals surface area contributed by atoms with E-state index in [0.717, 1.165) is 50.4 Å². The van der Waals surface area contributed by atoms with E-state index in [1.54, 1.807) is 6.26 Å². The van der Waals surface area contributed by atoms with Crippen LogP contribution in [0, 0.1) is 11.7 Å². The van der Waals surface area contributed by atoms with Crippen LogP contribution in [0.2, 0.25) is 0 Å². The predicted molar refractivity (Wildman–Crippen MR) is 98.2 cm³/mol. The first-order chi connectivity index (χ1) is 12.9. The average molecular weight is 394 g/mol. The van der Waals surface area contributed by atoms with Crippen molar-refractivity contribution in [2.24, 2.45) is 5.92 Å². The van der Waals surface area contributed by atoms with Crippen LogP contribution < -0.4 is 5.32 Å². The summed E-state index contributed by atoms with van der Waals surface area (Å²) in [6.07, 6.45) is 3.12. The monoisotopic (exact) mass is 394 g/mol. The largest absolute Gasteiger partial charge is 0.468 e. The molecule has 8 heteroatoms. The first-order valence-electron chi connectivity index (χ1n) is 8.95. The number of amides is 1. The molecule has 0 atom stereocenters. The van der Waals surface area contributed by atoms with Gasteiger partial charge in [-0.15, -0.1) is 0 Å². The summed E-state index contributed by atoms with van der Waals surface area (Å²) in [6.45, 7) is 2.38. The first-order valence-corrected chi connectivity index (χ1v) is 10.6. The minimum atomic E-state index is -3.54. The molecule has 3 rings (SSSR count). The van der Waals surface area contributed by atoms with Crippen LogP contribution in [0.15, 0.2) is 52.0 Å². The number of piperidine rings is 1. The molecule has 1 aromatic heterocycles. The van der Waals surface area contributed by atoms with Crippen LogP contribution in [-0.2, 0) is 21.2 Å². The molecule has 1 aliphatic rings. The van der Waals surface area contributed by atoms with E-state index < -0.39 is 15.7 Å². The Bertz CT molecular complexity index is 842. The first kappa shape index (κ1) is 19.6. The molecule has 2 aromatic rings. The minimum absolute atomic E-state index is 0.0468. The van der Waals surface area contributed by atoms with Gasteiger partial charge in [-0.1, -0.05) is 0 Å². The lowest BCUT2D eigenvalue weighted by Gasteiger charge is -2.30. The van der Waals surface area contributed by atoms with Gasteiger partial charge in [-0.25, -0.2) is 12.8 Å². The zero-order valence-electron chi connectivity index (χ0n) is 14.9. The number of furan rings is 1. The van der Waals surface area contributed by atoms with Crippen LogP contribution in [0.1, 0.15) is 18.6 Å². The fourth-order valence-electron chi connectivity index (χ4n) is 3.19. The smallest absolute Gasteiger partial charge is 0.223 e. The average Bonchev–Trinajstić information content (AvgIpc) is 3.15. The van der Waals surface area contributed by atoms with E-state index in [9.17, 15) is 17.6 Å². The number of rotatable bonds is 7. The molecule has 0 radical (unpaired) electrons. The van der Waals surface area contributed by atoms with Crippen LogP contribution in [0.25, 0.3) is 0 Å². The molecule has 1 aromatic carbocycles. The Morgan fingerprint density at radius 1 is 1.19 bits per heavy atom. The number of likely N-dealkylation sites (tertiary alicyclic amines) is 1. The van der Waals surface area contributed by atoms with Crippen LogP contribution in [0.3, 0.4) is 0 Å². The molecular weight excluding hydrogens is 371 g/mol. The van der Waals surface area contributed by atoms with Crippen molar-refractivity contribution in [2.75, 3.05) is 25.4 Å². The number of hydrogen-bond donors (Lipinski definition) is 1. The third kappa shape index (κ3) is 5.40. The maximum Gasteiger partial charge on any atom is 0.223 e. The van der Waals surface area contributed by atoms with Gasteiger partial charge in [0.1, 0.15) is 11.6 Å². The van der Waals surface area contributed by atoms with Crippen molar-refractivity contribution in [1.82, 2.24) is 10.2 Å². The zero-order valence-corrected chi connectivity index (χ0v) is 15.8.